The summed E-state index contributed by atoms with van der Waals surface area (Å²) >= 11 is 12.1. The summed E-state index contributed by atoms with van der Waals surface area (Å²) in [6.07, 6.45) is 2.65. The van der Waals surface area contributed by atoms with Crippen LogP contribution in [0.4, 0.5) is 8.78 Å². The predicted molar refractivity (Wildman–Crippen MR) is 287 cm³/mol. The molecule has 0 N–H and O–H groups in total. The molecule has 5 rings (SSSR count). The Labute approximate surface area is 452 Å². The van der Waals surface area contributed by atoms with Crippen LogP contribution in [0.3, 0.4) is 0 Å². The second-order valence-corrected chi connectivity index (χ2v) is 23.2. The molecule has 0 bridgehead atoms. The van der Waals surface area contributed by atoms with Gasteiger partial charge in [-0.1, -0.05) is 71.7 Å². The van der Waals surface area contributed by atoms with Crippen LogP contribution >= 0.6 is 23.2 Å². The van der Waals surface area contributed by atoms with Gasteiger partial charge in [0, 0.05) is 53.6 Å². The van der Waals surface area contributed by atoms with Gasteiger partial charge in [-0.05, 0) is 152 Å². The van der Waals surface area contributed by atoms with Crippen molar-refractivity contribution in [2.45, 2.75) is 105 Å². The van der Waals surface area contributed by atoms with Gasteiger partial charge in [-0.15, -0.1) is 0 Å². The molecule has 0 unspecified atom stereocenters. The van der Waals surface area contributed by atoms with E-state index < -0.39 is 51.6 Å². The minimum absolute atomic E-state index is 0.00325. The third-order valence-corrected chi connectivity index (χ3v) is 12.8. The second kappa shape index (κ2) is 29.5. The molecule has 0 radical (unpaired) electrons. The topological polar surface area (TPSA) is 161 Å². The molecule has 0 spiro atoms. The maximum Gasteiger partial charge on any atom is 0.311 e. The third kappa shape index (κ3) is 23.4. The predicted octanol–water partition coefficient (Wildman–Crippen LogP) is 11.5. The van der Waals surface area contributed by atoms with Crippen molar-refractivity contribution in [3.05, 3.63) is 118 Å². The number of rotatable bonds is 23. The molecule has 1 fully saturated rings. The van der Waals surface area contributed by atoms with Crippen LogP contribution in [0.5, 0.6) is 0 Å². The molecule has 75 heavy (non-hydrogen) atoms. The molecule has 18 heteroatoms. The number of hydrogen-bond acceptors (Lipinski definition) is 13. The number of morpholine rings is 1. The molecule has 13 nitrogen and oxygen atoms in total. The fourth-order valence-electron chi connectivity index (χ4n) is 8.56. The van der Waals surface area contributed by atoms with Crippen LogP contribution < -0.4 is 0 Å². The molecule has 0 aliphatic carbocycles. The molecule has 1 heterocycles. The van der Waals surface area contributed by atoms with Crippen molar-refractivity contribution in [2.24, 2.45) is 23.7 Å². The van der Waals surface area contributed by atoms with Gasteiger partial charge in [0.2, 0.25) is 0 Å². The van der Waals surface area contributed by atoms with Crippen LogP contribution in [0.25, 0.3) is 22.3 Å². The lowest BCUT2D eigenvalue weighted by Crippen LogP contribution is -2.42. The van der Waals surface area contributed by atoms with E-state index in [1.165, 1.54) is 24.3 Å². The Balaban J connectivity index is 0.000000325. The van der Waals surface area contributed by atoms with E-state index in [9.17, 15) is 36.4 Å². The Bertz CT molecular complexity index is 2600. The van der Waals surface area contributed by atoms with Gasteiger partial charge in [0.1, 0.15) is 22.8 Å². The number of carbonyl (C=O) groups is 4. The van der Waals surface area contributed by atoms with Crippen LogP contribution in [0.15, 0.2) is 84.9 Å². The molecule has 4 aromatic rings. The summed E-state index contributed by atoms with van der Waals surface area (Å²) in [4.78, 5) is 53.2. The minimum Gasteiger partial charge on any atom is -0.466 e. The average Bonchev–Trinajstić information content (AvgIpc) is 3.31. The maximum absolute atomic E-state index is 14.4. The molecule has 1 saturated heterocycles. The summed E-state index contributed by atoms with van der Waals surface area (Å²) in [5, 5.41) is 0.882. The summed E-state index contributed by atoms with van der Waals surface area (Å²) in [5.74, 6) is -4.14. The fourth-order valence-corrected chi connectivity index (χ4v) is 9.32. The summed E-state index contributed by atoms with van der Waals surface area (Å²) in [6, 6.07) is 23.5. The van der Waals surface area contributed by atoms with Crippen molar-refractivity contribution < 1.29 is 64.2 Å². The lowest BCUT2D eigenvalue weighted by atomic mass is 9.86. The number of benzene rings is 4. The van der Waals surface area contributed by atoms with E-state index in [-0.39, 0.29) is 61.4 Å². The first kappa shape index (κ1) is 62.6. The van der Waals surface area contributed by atoms with Crippen LogP contribution in [0.1, 0.15) is 92.2 Å². The molecule has 0 amide bonds. The van der Waals surface area contributed by atoms with Crippen molar-refractivity contribution in [1.29, 1.82) is 0 Å². The summed E-state index contributed by atoms with van der Waals surface area (Å²) in [6.45, 7) is 17.6. The molecular formula is C57H73Cl2F2NO12S. The van der Waals surface area contributed by atoms with Crippen LogP contribution in [0, 0.1) is 35.3 Å². The van der Waals surface area contributed by atoms with Gasteiger partial charge in [0.15, 0.2) is 0 Å². The van der Waals surface area contributed by atoms with Gasteiger partial charge in [0.05, 0.1) is 51.1 Å². The largest absolute Gasteiger partial charge is 0.466 e. The standard InChI is InChI=1S/C30H39ClFNO5.C27H34ClFO7S/c1-5-37-29(35)24(20-33-12-14-36-15-13-33)17-22(18-28(34)38-30(2,3)4)16-21-6-8-23(9-7-21)26-19-25(31)10-11-27(26)32;1-6-34-26(31)21(17-35-37(5,32)33)14-19(15-25(30)36-27(2,3)4)13-18-7-9-20(10-8-18)23-16-22(28)11-12-24(23)29/h6-11,19,22,24H,5,12-18,20H2,1-4H3;7-12,16,19,21H,6,13-15,17H2,1-5H3/t22-,24+;19-,21+/m11/s1. The SMILES string of the molecule is CCOC(=O)[C@@H](C[C@H](CC(=O)OC(C)(C)C)Cc1ccc(-c2cc(Cl)ccc2F)cc1)CN1CCOCC1.CCOC(=O)[C@H](COS(C)(=O)=O)C[C@H](CC(=O)OC(C)(C)C)Cc1ccc(-c2cc(Cl)ccc2F)cc1. The number of carbonyl (C=O) groups excluding carboxylic acids is 4. The molecule has 4 aromatic carbocycles. The van der Waals surface area contributed by atoms with Crippen LogP contribution in [0.2, 0.25) is 10.0 Å². The quantitative estimate of drug-likeness (QED) is 0.0392. The number of nitrogens with zero attached hydrogens (tertiary/aromatic N) is 1. The normalized spacial score (nSPS) is 14.8. The Morgan fingerprint density at radius 3 is 1.43 bits per heavy atom. The zero-order valence-corrected chi connectivity index (χ0v) is 46.9. The van der Waals surface area contributed by atoms with Gasteiger partial charge >= 0.3 is 23.9 Å². The Morgan fingerprint density at radius 1 is 0.640 bits per heavy atom. The highest BCUT2D eigenvalue weighted by Gasteiger charge is 2.31. The second-order valence-electron chi connectivity index (χ2n) is 20.6. The molecule has 4 atom stereocenters. The number of hydrogen-bond donors (Lipinski definition) is 0. The molecule has 0 saturated carbocycles. The minimum atomic E-state index is -3.79. The third-order valence-electron chi connectivity index (χ3n) is 11.7. The van der Waals surface area contributed by atoms with E-state index in [1.807, 2.05) is 57.2 Å². The number of esters is 4. The van der Waals surface area contributed by atoms with Gasteiger partial charge in [-0.3, -0.25) is 28.3 Å². The van der Waals surface area contributed by atoms with E-state index in [0.29, 0.717) is 77.9 Å². The van der Waals surface area contributed by atoms with E-state index >= 15 is 0 Å². The van der Waals surface area contributed by atoms with Gasteiger partial charge in [-0.25, -0.2) is 8.78 Å². The first-order valence-electron chi connectivity index (χ1n) is 25.2. The van der Waals surface area contributed by atoms with Gasteiger partial charge in [0.25, 0.3) is 10.1 Å². The molecular weight excluding hydrogens is 1030 g/mol. The fraction of sp³-hybridized carbons (Fsp3) is 0.509. The van der Waals surface area contributed by atoms with E-state index in [2.05, 4.69) is 4.90 Å². The molecule has 412 valence electrons. The maximum atomic E-state index is 14.4. The Kier molecular flexibility index (Phi) is 24.6. The average molecular weight is 1110 g/mol. The van der Waals surface area contributed by atoms with Crippen molar-refractivity contribution in [1.82, 2.24) is 4.90 Å². The first-order chi connectivity index (χ1) is 35.2. The van der Waals surface area contributed by atoms with E-state index in [0.717, 1.165) is 30.5 Å². The Hall–Kier alpha value is -4.97. The smallest absolute Gasteiger partial charge is 0.311 e. The Morgan fingerprint density at radius 2 is 1.04 bits per heavy atom. The van der Waals surface area contributed by atoms with Crippen molar-refractivity contribution >= 4 is 57.2 Å². The highest BCUT2D eigenvalue weighted by atomic mass is 35.5. The molecule has 1 aliphatic rings. The van der Waals surface area contributed by atoms with E-state index in [4.69, 9.17) is 51.1 Å². The van der Waals surface area contributed by atoms with Crippen LogP contribution in [-0.2, 0) is 70.0 Å². The number of halogens is 4. The summed E-state index contributed by atoms with van der Waals surface area (Å²) in [5.41, 5.74) is 2.69. The highest BCUT2D eigenvalue weighted by Crippen LogP contribution is 2.31. The highest BCUT2D eigenvalue weighted by molar-refractivity contribution is 7.86. The monoisotopic (exact) mass is 1100 g/mol. The zero-order chi connectivity index (χ0) is 55.5. The lowest BCUT2D eigenvalue weighted by Gasteiger charge is -2.31. The number of ether oxygens (including phenoxy) is 5. The summed E-state index contributed by atoms with van der Waals surface area (Å²) in [7, 11) is -3.79. The van der Waals surface area contributed by atoms with Gasteiger partial charge in [-0.2, -0.15) is 8.42 Å². The van der Waals surface area contributed by atoms with Crippen molar-refractivity contribution in [3.63, 3.8) is 0 Å². The van der Waals surface area contributed by atoms with Crippen molar-refractivity contribution in [2.75, 3.05) is 58.9 Å². The van der Waals surface area contributed by atoms with Crippen LogP contribution in [-0.4, -0.2) is 107 Å². The summed E-state index contributed by atoms with van der Waals surface area (Å²) < 4.78 is 83.7. The first-order valence-corrected chi connectivity index (χ1v) is 27.8. The molecule has 0 aromatic heterocycles. The molecule has 1 aliphatic heterocycles. The van der Waals surface area contributed by atoms with E-state index in [1.54, 1.807) is 58.9 Å². The zero-order valence-electron chi connectivity index (χ0n) is 44.6. The lowest BCUT2D eigenvalue weighted by molar-refractivity contribution is -0.158. The van der Waals surface area contributed by atoms with Gasteiger partial charge < -0.3 is 23.7 Å². The van der Waals surface area contributed by atoms with Crippen molar-refractivity contribution in [3.8, 4) is 22.3 Å².